The number of hydrogen-bond acceptors (Lipinski definition) is 4. The summed E-state index contributed by atoms with van der Waals surface area (Å²) in [5.41, 5.74) is 4.96. The maximum Gasteiger partial charge on any atom is 0.331 e. The van der Waals surface area contributed by atoms with Gasteiger partial charge in [0.2, 0.25) is 0 Å². The van der Waals surface area contributed by atoms with Gasteiger partial charge in [0.15, 0.2) is 0 Å². The summed E-state index contributed by atoms with van der Waals surface area (Å²) in [6.45, 7) is 4.62. The van der Waals surface area contributed by atoms with E-state index in [0.717, 1.165) is 19.6 Å². The van der Waals surface area contributed by atoms with Crippen molar-refractivity contribution in [3.63, 3.8) is 0 Å². The molecular weight excluding hydrogens is 244 g/mol. The Hall–Kier alpha value is -1.40. The number of likely N-dealkylation sites (tertiary alicyclic amines) is 1. The summed E-state index contributed by atoms with van der Waals surface area (Å²) < 4.78 is 2.90. The molecule has 0 radical (unpaired) electrons. The van der Waals surface area contributed by atoms with Gasteiger partial charge in [-0.25, -0.2) is 4.79 Å². The van der Waals surface area contributed by atoms with Crippen LogP contribution in [0.3, 0.4) is 0 Å². The van der Waals surface area contributed by atoms with Crippen molar-refractivity contribution < 1.29 is 0 Å². The number of rotatable bonds is 6. The smallest absolute Gasteiger partial charge is 0.330 e. The fourth-order valence-corrected chi connectivity index (χ4v) is 2.44. The number of hydrogen-bond donors (Lipinski definition) is 1. The van der Waals surface area contributed by atoms with E-state index < -0.39 is 0 Å². The van der Waals surface area contributed by atoms with Gasteiger partial charge in [0.05, 0.1) is 0 Å². The lowest BCUT2D eigenvalue weighted by Crippen LogP contribution is -2.40. The lowest BCUT2D eigenvalue weighted by atomic mass is 10.4. The van der Waals surface area contributed by atoms with Crippen molar-refractivity contribution in [1.29, 1.82) is 0 Å². The third kappa shape index (κ3) is 3.54. The molecule has 1 aromatic heterocycles. The molecule has 0 bridgehead atoms. The Kier molecular flexibility index (Phi) is 4.93. The average molecular weight is 266 g/mol. The molecule has 2 heterocycles. The third-order valence-corrected chi connectivity index (χ3v) is 3.58. The highest BCUT2D eigenvalue weighted by atomic mass is 16.2. The summed E-state index contributed by atoms with van der Waals surface area (Å²) in [5, 5.41) is 0. The molecule has 2 rings (SSSR count). The summed E-state index contributed by atoms with van der Waals surface area (Å²) in [6, 6.07) is 1.46. The Morgan fingerprint density at radius 3 is 2.53 bits per heavy atom. The average Bonchev–Trinajstić information content (AvgIpc) is 2.91. The van der Waals surface area contributed by atoms with Crippen LogP contribution in [0, 0.1) is 0 Å². The third-order valence-electron chi connectivity index (χ3n) is 3.58. The Labute approximate surface area is 112 Å². The van der Waals surface area contributed by atoms with Gasteiger partial charge < -0.3 is 10.6 Å². The molecule has 0 amide bonds. The Morgan fingerprint density at radius 1 is 1.11 bits per heavy atom. The molecule has 1 saturated heterocycles. The Balaban J connectivity index is 2.07. The van der Waals surface area contributed by atoms with Gasteiger partial charge in [0, 0.05) is 31.9 Å². The number of nitrogens with two attached hydrogens (primary N) is 1. The molecule has 0 aromatic carbocycles. The first-order valence-electron chi connectivity index (χ1n) is 6.95. The molecule has 106 valence electrons. The quantitative estimate of drug-likeness (QED) is 0.750. The van der Waals surface area contributed by atoms with Crippen LogP contribution >= 0.6 is 0 Å². The first-order chi connectivity index (χ1) is 9.22. The van der Waals surface area contributed by atoms with E-state index in [9.17, 15) is 9.59 Å². The standard InChI is InChI=1S/C13H22N4O2/c14-5-3-8-17-12(18)4-9-16(13(17)19)11-10-15-6-1-2-7-15/h4,9H,1-3,5-8,10-11,14H2. The molecule has 0 unspecified atom stereocenters. The van der Waals surface area contributed by atoms with E-state index in [2.05, 4.69) is 4.90 Å². The zero-order valence-corrected chi connectivity index (χ0v) is 11.3. The van der Waals surface area contributed by atoms with Gasteiger partial charge in [-0.15, -0.1) is 0 Å². The lowest BCUT2D eigenvalue weighted by Gasteiger charge is -2.16. The summed E-state index contributed by atoms with van der Waals surface area (Å²) in [7, 11) is 0. The van der Waals surface area contributed by atoms with Gasteiger partial charge in [-0.2, -0.15) is 0 Å². The predicted octanol–water partition coefficient (Wildman–Crippen LogP) is -0.545. The highest BCUT2D eigenvalue weighted by molar-refractivity contribution is 4.86. The summed E-state index contributed by atoms with van der Waals surface area (Å²) in [6.07, 6.45) is 4.72. The van der Waals surface area contributed by atoms with Gasteiger partial charge in [0.25, 0.3) is 5.56 Å². The lowest BCUT2D eigenvalue weighted by molar-refractivity contribution is 0.317. The molecule has 1 aromatic rings. The molecule has 2 N–H and O–H groups in total. The molecule has 6 nitrogen and oxygen atoms in total. The predicted molar refractivity (Wildman–Crippen MR) is 74.3 cm³/mol. The van der Waals surface area contributed by atoms with Crippen molar-refractivity contribution in [2.75, 3.05) is 26.2 Å². The van der Waals surface area contributed by atoms with E-state index in [4.69, 9.17) is 5.73 Å². The van der Waals surface area contributed by atoms with Crippen molar-refractivity contribution in [2.45, 2.75) is 32.4 Å². The van der Waals surface area contributed by atoms with Crippen LogP contribution < -0.4 is 17.0 Å². The second kappa shape index (κ2) is 6.68. The minimum atomic E-state index is -0.240. The molecule has 6 heteroatoms. The molecular formula is C13H22N4O2. The van der Waals surface area contributed by atoms with E-state index in [1.165, 1.54) is 23.5 Å². The largest absolute Gasteiger partial charge is 0.331 e. The van der Waals surface area contributed by atoms with E-state index in [1.54, 1.807) is 10.8 Å². The molecule has 1 aliphatic heterocycles. The zero-order valence-electron chi connectivity index (χ0n) is 11.3. The van der Waals surface area contributed by atoms with Crippen LogP contribution in [0.2, 0.25) is 0 Å². The number of nitrogens with zero attached hydrogens (tertiary/aromatic N) is 3. The van der Waals surface area contributed by atoms with Crippen LogP contribution in [-0.2, 0) is 13.1 Å². The molecule has 0 aliphatic carbocycles. The van der Waals surface area contributed by atoms with Crippen molar-refractivity contribution in [3.8, 4) is 0 Å². The summed E-state index contributed by atoms with van der Waals surface area (Å²) >= 11 is 0. The molecule has 0 atom stereocenters. The minimum Gasteiger partial charge on any atom is -0.330 e. The minimum absolute atomic E-state index is 0.222. The fourth-order valence-electron chi connectivity index (χ4n) is 2.44. The van der Waals surface area contributed by atoms with Gasteiger partial charge in [-0.1, -0.05) is 0 Å². The van der Waals surface area contributed by atoms with E-state index >= 15 is 0 Å². The van der Waals surface area contributed by atoms with Crippen LogP contribution in [0.5, 0.6) is 0 Å². The Bertz CT molecular complexity index is 514. The fraction of sp³-hybridized carbons (Fsp3) is 0.692. The van der Waals surface area contributed by atoms with Crippen LogP contribution in [0.15, 0.2) is 21.9 Å². The molecule has 0 spiro atoms. The van der Waals surface area contributed by atoms with E-state index in [0.29, 0.717) is 26.1 Å². The van der Waals surface area contributed by atoms with Crippen molar-refractivity contribution in [3.05, 3.63) is 33.1 Å². The first kappa shape index (κ1) is 14.0. The molecule has 19 heavy (non-hydrogen) atoms. The summed E-state index contributed by atoms with van der Waals surface area (Å²) in [4.78, 5) is 26.2. The maximum atomic E-state index is 12.2. The van der Waals surface area contributed by atoms with Crippen LogP contribution in [-0.4, -0.2) is 40.2 Å². The molecule has 1 aliphatic rings. The highest BCUT2D eigenvalue weighted by Gasteiger charge is 2.12. The number of aromatic nitrogens is 2. The topological polar surface area (TPSA) is 73.3 Å². The molecule has 1 fully saturated rings. The van der Waals surface area contributed by atoms with Gasteiger partial charge in [-0.05, 0) is 38.9 Å². The molecule has 0 saturated carbocycles. The van der Waals surface area contributed by atoms with Crippen LogP contribution in [0.4, 0.5) is 0 Å². The second-order valence-corrected chi connectivity index (χ2v) is 4.97. The Morgan fingerprint density at radius 2 is 1.84 bits per heavy atom. The highest BCUT2D eigenvalue weighted by Crippen LogP contribution is 2.06. The van der Waals surface area contributed by atoms with Gasteiger partial charge in [-0.3, -0.25) is 13.9 Å². The van der Waals surface area contributed by atoms with Crippen LogP contribution in [0.1, 0.15) is 19.3 Å². The van der Waals surface area contributed by atoms with Crippen molar-refractivity contribution in [1.82, 2.24) is 14.0 Å². The van der Waals surface area contributed by atoms with Crippen molar-refractivity contribution >= 4 is 0 Å². The normalized spacial score (nSPS) is 16.1. The zero-order chi connectivity index (χ0) is 13.7. The monoisotopic (exact) mass is 266 g/mol. The van der Waals surface area contributed by atoms with Crippen LogP contribution in [0.25, 0.3) is 0 Å². The van der Waals surface area contributed by atoms with Gasteiger partial charge in [0.1, 0.15) is 0 Å². The SMILES string of the molecule is NCCCn1c(=O)ccn(CCN2CCCC2)c1=O. The van der Waals surface area contributed by atoms with Gasteiger partial charge >= 0.3 is 5.69 Å². The summed E-state index contributed by atoms with van der Waals surface area (Å²) in [5.74, 6) is 0. The van der Waals surface area contributed by atoms with E-state index in [-0.39, 0.29) is 11.2 Å². The first-order valence-corrected chi connectivity index (χ1v) is 6.95. The van der Waals surface area contributed by atoms with E-state index in [1.807, 2.05) is 0 Å². The second-order valence-electron chi connectivity index (χ2n) is 4.97. The maximum absolute atomic E-state index is 12.2. The van der Waals surface area contributed by atoms with Crippen molar-refractivity contribution in [2.24, 2.45) is 5.73 Å².